The fourth-order valence-corrected chi connectivity index (χ4v) is 4.08. The van der Waals surface area contributed by atoms with Gasteiger partial charge in [-0.2, -0.15) is 4.98 Å². The quantitative estimate of drug-likeness (QED) is 0.640. The molecule has 1 unspecified atom stereocenters. The molecule has 1 saturated carbocycles. The minimum atomic E-state index is -0.0783. The van der Waals surface area contributed by atoms with Gasteiger partial charge in [-0.05, 0) is 33.6 Å². The molecule has 1 atom stereocenters. The highest BCUT2D eigenvalue weighted by atomic mass is 16.5. The number of imidazole rings is 1. The summed E-state index contributed by atoms with van der Waals surface area (Å²) in [5.74, 6) is 2.45. The van der Waals surface area contributed by atoms with Gasteiger partial charge in [-0.25, -0.2) is 19.9 Å². The monoisotopic (exact) mass is 407 g/mol. The van der Waals surface area contributed by atoms with E-state index in [1.807, 2.05) is 23.3 Å². The maximum Gasteiger partial charge on any atom is 0.245 e. The summed E-state index contributed by atoms with van der Waals surface area (Å²) in [6.07, 6.45) is 6.08. The molecule has 0 N–H and O–H groups in total. The smallest absolute Gasteiger partial charge is 0.245 e. The van der Waals surface area contributed by atoms with Gasteiger partial charge in [0.25, 0.3) is 0 Å². The molecule has 9 nitrogen and oxygen atoms in total. The Hall–Kier alpha value is -3.10. The molecule has 2 aliphatic rings. The van der Waals surface area contributed by atoms with E-state index in [4.69, 9.17) is 9.72 Å². The van der Waals surface area contributed by atoms with E-state index in [0.29, 0.717) is 24.5 Å². The van der Waals surface area contributed by atoms with Crippen LogP contribution in [-0.4, -0.2) is 59.5 Å². The third-order valence-corrected chi connectivity index (χ3v) is 5.82. The average molecular weight is 407 g/mol. The number of carbonyl (C=O) groups is 1. The van der Waals surface area contributed by atoms with E-state index < -0.39 is 0 Å². The van der Waals surface area contributed by atoms with Crippen LogP contribution in [0.1, 0.15) is 37.7 Å². The predicted octanol–water partition coefficient (Wildman–Crippen LogP) is 2.31. The van der Waals surface area contributed by atoms with Crippen LogP contribution in [0.25, 0.3) is 22.6 Å². The molecule has 5 rings (SSSR count). The fourth-order valence-electron chi connectivity index (χ4n) is 4.08. The Morgan fingerprint density at radius 3 is 2.73 bits per heavy atom. The lowest BCUT2D eigenvalue weighted by Crippen LogP contribution is -2.32. The summed E-state index contributed by atoms with van der Waals surface area (Å²) in [4.78, 5) is 36.7. The summed E-state index contributed by atoms with van der Waals surface area (Å²) in [5.41, 5.74) is 3.09. The first kappa shape index (κ1) is 18.9. The van der Waals surface area contributed by atoms with Crippen molar-refractivity contribution in [3.63, 3.8) is 0 Å². The highest BCUT2D eigenvalue weighted by Crippen LogP contribution is 2.33. The first-order valence-corrected chi connectivity index (χ1v) is 10.5. The molecule has 0 bridgehead atoms. The zero-order chi connectivity index (χ0) is 20.8. The topological polar surface area (TPSA) is 98.9 Å². The highest BCUT2D eigenvalue weighted by Gasteiger charge is 2.37. The number of amides is 1. The van der Waals surface area contributed by atoms with Crippen LogP contribution in [0, 0.1) is 19.8 Å². The molecule has 9 heteroatoms. The number of rotatable bonds is 5. The Morgan fingerprint density at radius 2 is 2.00 bits per heavy atom. The third-order valence-electron chi connectivity index (χ3n) is 5.82. The summed E-state index contributed by atoms with van der Waals surface area (Å²) in [6.45, 7) is 7.92. The van der Waals surface area contributed by atoms with Crippen molar-refractivity contribution in [1.82, 2.24) is 34.4 Å². The number of fused-ring (bicyclic) bond motifs is 1. The summed E-state index contributed by atoms with van der Waals surface area (Å²) in [6, 6.07) is 0. The van der Waals surface area contributed by atoms with E-state index >= 15 is 0 Å². The Morgan fingerprint density at radius 1 is 1.17 bits per heavy atom. The van der Waals surface area contributed by atoms with E-state index in [-0.39, 0.29) is 17.9 Å². The van der Waals surface area contributed by atoms with Gasteiger partial charge in [-0.3, -0.25) is 4.79 Å². The lowest BCUT2D eigenvalue weighted by atomic mass is 10.2. The van der Waals surface area contributed by atoms with Gasteiger partial charge >= 0.3 is 0 Å². The Kier molecular flexibility index (Phi) is 4.60. The van der Waals surface area contributed by atoms with Crippen molar-refractivity contribution in [2.75, 3.05) is 13.1 Å². The molecule has 1 saturated heterocycles. The molecular weight excluding hydrogens is 382 g/mol. The zero-order valence-electron chi connectivity index (χ0n) is 17.5. The van der Waals surface area contributed by atoms with Crippen molar-refractivity contribution < 1.29 is 9.53 Å². The van der Waals surface area contributed by atoms with Crippen LogP contribution in [0.4, 0.5) is 0 Å². The normalized spacial score (nSPS) is 18.9. The molecule has 156 valence electrons. The van der Waals surface area contributed by atoms with Crippen molar-refractivity contribution in [3.8, 4) is 17.3 Å². The minimum Gasteiger partial charge on any atom is -0.471 e. The Labute approximate surface area is 174 Å². The first-order valence-electron chi connectivity index (χ1n) is 10.5. The number of ether oxygens (including phenoxy) is 1. The number of nitrogens with zero attached hydrogens (tertiary/aromatic N) is 7. The maximum absolute atomic E-state index is 12.3. The van der Waals surface area contributed by atoms with Gasteiger partial charge in [-0.1, -0.05) is 0 Å². The van der Waals surface area contributed by atoms with E-state index in [1.54, 1.807) is 6.20 Å². The summed E-state index contributed by atoms with van der Waals surface area (Å²) in [7, 11) is 0. The average Bonchev–Trinajstić information content (AvgIpc) is 3.36. The van der Waals surface area contributed by atoms with Crippen LogP contribution >= 0.6 is 0 Å². The largest absolute Gasteiger partial charge is 0.471 e. The van der Waals surface area contributed by atoms with Crippen LogP contribution in [0.2, 0.25) is 0 Å². The molecule has 0 spiro atoms. The number of carbonyl (C=O) groups excluding carboxylic acids is 1. The Balaban J connectivity index is 1.46. The van der Waals surface area contributed by atoms with E-state index in [9.17, 15) is 4.79 Å². The van der Waals surface area contributed by atoms with Crippen molar-refractivity contribution in [2.45, 2.75) is 52.7 Å². The molecule has 1 amide bonds. The van der Waals surface area contributed by atoms with Gasteiger partial charge in [0.05, 0.1) is 17.8 Å². The van der Waals surface area contributed by atoms with E-state index in [0.717, 1.165) is 54.4 Å². The molecule has 2 fully saturated rings. The van der Waals surface area contributed by atoms with Crippen LogP contribution < -0.4 is 4.74 Å². The Bertz CT molecular complexity index is 1120. The van der Waals surface area contributed by atoms with Crippen LogP contribution in [0.15, 0.2) is 12.5 Å². The molecule has 4 heterocycles. The summed E-state index contributed by atoms with van der Waals surface area (Å²) < 4.78 is 8.25. The highest BCUT2D eigenvalue weighted by molar-refractivity contribution is 5.82. The number of hydrogen-bond donors (Lipinski definition) is 0. The molecule has 0 radical (unpaired) electrons. The van der Waals surface area contributed by atoms with Crippen molar-refractivity contribution in [1.29, 1.82) is 0 Å². The second-order valence-electron chi connectivity index (χ2n) is 8.03. The van der Waals surface area contributed by atoms with E-state index in [2.05, 4.69) is 26.9 Å². The SMILES string of the molecule is CCn1c(-c2cnc(C)nc2C)nc2c(OC3CCN(C(=O)C4CC4)C3)ncnc21. The van der Waals surface area contributed by atoms with Crippen molar-refractivity contribution >= 4 is 17.1 Å². The van der Waals surface area contributed by atoms with Crippen LogP contribution in [0.3, 0.4) is 0 Å². The second-order valence-corrected chi connectivity index (χ2v) is 8.03. The van der Waals surface area contributed by atoms with Crippen LogP contribution in [-0.2, 0) is 11.3 Å². The number of likely N-dealkylation sites (tertiary alicyclic amines) is 1. The maximum atomic E-state index is 12.3. The molecule has 3 aromatic heterocycles. The molecule has 1 aliphatic heterocycles. The number of aromatic nitrogens is 6. The van der Waals surface area contributed by atoms with Gasteiger partial charge in [0, 0.05) is 31.6 Å². The van der Waals surface area contributed by atoms with Gasteiger partial charge in [0.2, 0.25) is 11.8 Å². The summed E-state index contributed by atoms with van der Waals surface area (Å²) >= 11 is 0. The summed E-state index contributed by atoms with van der Waals surface area (Å²) in [5, 5.41) is 0. The van der Waals surface area contributed by atoms with Gasteiger partial charge in [0.1, 0.15) is 24.1 Å². The second kappa shape index (κ2) is 7.30. The molecule has 1 aliphatic carbocycles. The standard InChI is InChI=1S/C21H25N7O2/c1-4-28-18(16-9-22-13(3)25-12(16)2)26-17-19(28)23-11-24-20(17)30-15-7-8-27(10-15)21(29)14-5-6-14/h9,11,14-15H,4-8,10H2,1-3H3. The third kappa shape index (κ3) is 3.28. The van der Waals surface area contributed by atoms with Gasteiger partial charge < -0.3 is 14.2 Å². The number of hydrogen-bond acceptors (Lipinski definition) is 7. The van der Waals surface area contributed by atoms with Crippen molar-refractivity contribution in [3.05, 3.63) is 24.0 Å². The lowest BCUT2D eigenvalue weighted by molar-refractivity contribution is -0.131. The van der Waals surface area contributed by atoms with Gasteiger partial charge in [0.15, 0.2) is 11.2 Å². The molecule has 0 aromatic carbocycles. The minimum absolute atomic E-state index is 0.0783. The zero-order valence-corrected chi connectivity index (χ0v) is 17.5. The number of aryl methyl sites for hydroxylation is 3. The first-order chi connectivity index (χ1) is 14.5. The van der Waals surface area contributed by atoms with Gasteiger partial charge in [-0.15, -0.1) is 0 Å². The predicted molar refractivity (Wildman–Crippen MR) is 110 cm³/mol. The molecule has 3 aromatic rings. The van der Waals surface area contributed by atoms with Crippen molar-refractivity contribution in [2.24, 2.45) is 5.92 Å². The van der Waals surface area contributed by atoms with Crippen LogP contribution in [0.5, 0.6) is 5.88 Å². The fraction of sp³-hybridized carbons (Fsp3) is 0.524. The molecular formula is C21H25N7O2. The molecule has 30 heavy (non-hydrogen) atoms. The van der Waals surface area contributed by atoms with E-state index in [1.165, 1.54) is 6.33 Å². The lowest BCUT2D eigenvalue weighted by Gasteiger charge is -2.16.